The van der Waals surface area contributed by atoms with E-state index in [4.69, 9.17) is 14.2 Å². The summed E-state index contributed by atoms with van der Waals surface area (Å²) in [7, 11) is 5.29. The van der Waals surface area contributed by atoms with Crippen molar-refractivity contribution in [3.63, 3.8) is 0 Å². The minimum atomic E-state index is -0.565. The lowest BCUT2D eigenvalue weighted by atomic mass is 10.1. The van der Waals surface area contributed by atoms with Crippen LogP contribution in [0.15, 0.2) is 73.7 Å². The van der Waals surface area contributed by atoms with Crippen LogP contribution in [-0.4, -0.2) is 81.2 Å². The van der Waals surface area contributed by atoms with Crippen LogP contribution in [0, 0.1) is 5.82 Å². The van der Waals surface area contributed by atoms with E-state index in [9.17, 15) is 4.79 Å². The van der Waals surface area contributed by atoms with E-state index in [2.05, 4.69) is 37.2 Å². The Bertz CT molecular complexity index is 1840. The Balaban J connectivity index is 1.17. The van der Waals surface area contributed by atoms with Crippen LogP contribution in [0.4, 0.5) is 21.7 Å². The minimum Gasteiger partial charge on any atom is -0.493 e. The van der Waals surface area contributed by atoms with Gasteiger partial charge in [-0.3, -0.25) is 4.79 Å². The first-order chi connectivity index (χ1) is 21.3. The molecule has 4 heterocycles. The number of hydrogen-bond acceptors (Lipinski definition) is 11. The van der Waals surface area contributed by atoms with Crippen molar-refractivity contribution in [3.05, 3.63) is 79.5 Å². The Kier molecular flexibility index (Phi) is 7.62. The van der Waals surface area contributed by atoms with E-state index in [1.807, 2.05) is 25.1 Å². The Hall–Kier alpha value is -5.79. The Morgan fingerprint density at radius 2 is 1.93 bits per heavy atom. The minimum absolute atomic E-state index is 0.149. The van der Waals surface area contributed by atoms with E-state index in [0.29, 0.717) is 52.9 Å². The maximum Gasteiger partial charge on any atom is 0.246 e. The van der Waals surface area contributed by atoms with Crippen LogP contribution in [-0.2, 0) is 4.79 Å². The second-order valence-corrected chi connectivity index (χ2v) is 10.0. The van der Waals surface area contributed by atoms with E-state index in [0.717, 1.165) is 0 Å². The van der Waals surface area contributed by atoms with E-state index in [1.54, 1.807) is 47.5 Å². The molecule has 0 saturated carbocycles. The SMILES string of the molecule is C=CC(=O)N1CC(Oc2cc3c(Nc4ccc(Oc5ccn(-c6ccc(N(C)C)nn6)n5)cc4F)ncnc3cc2OC)C1. The number of amides is 1. The number of nitrogens with one attached hydrogen (secondary N) is 1. The predicted octanol–water partition coefficient (Wildman–Crippen LogP) is 4.13. The molecule has 5 aromatic rings. The molecule has 0 atom stereocenters. The molecule has 1 saturated heterocycles. The number of nitrogens with zero attached hydrogens (tertiary/aromatic N) is 8. The topological polar surface area (TPSA) is 133 Å². The van der Waals surface area contributed by atoms with Gasteiger partial charge in [0.15, 0.2) is 23.1 Å². The first-order valence-corrected chi connectivity index (χ1v) is 13.5. The van der Waals surface area contributed by atoms with Crippen LogP contribution in [0.25, 0.3) is 16.7 Å². The van der Waals surface area contributed by atoms with Crippen molar-refractivity contribution in [3.8, 4) is 28.9 Å². The number of benzene rings is 2. The second-order valence-electron chi connectivity index (χ2n) is 10.0. The van der Waals surface area contributed by atoms with Gasteiger partial charge in [0, 0.05) is 43.9 Å². The summed E-state index contributed by atoms with van der Waals surface area (Å²) in [6.45, 7) is 4.37. The molecule has 1 fully saturated rings. The molecule has 1 amide bonds. The second kappa shape index (κ2) is 11.8. The number of methoxy groups -OCH3 is 1. The quantitative estimate of drug-likeness (QED) is 0.233. The Morgan fingerprint density at radius 1 is 1.09 bits per heavy atom. The summed E-state index contributed by atoms with van der Waals surface area (Å²) in [5, 5.41) is 16.3. The highest BCUT2D eigenvalue weighted by Crippen LogP contribution is 2.37. The monoisotopic (exact) mass is 597 g/mol. The van der Waals surface area contributed by atoms with Gasteiger partial charge in [0.2, 0.25) is 11.8 Å². The number of halogens is 1. The summed E-state index contributed by atoms with van der Waals surface area (Å²) in [5.41, 5.74) is 0.746. The standard InChI is InChI=1S/C30H28FN9O4/c1-5-29(41)39-15-19(16-39)43-25-13-20-23(14-24(25)42-4)32-17-33-30(20)34-22-7-6-18(12-21(22)31)44-28-10-11-40(37-28)27-9-8-26(35-36-27)38(2)3/h5-14,17,19H,1,15-16H2,2-4H3,(H,32,33,34). The fourth-order valence-corrected chi connectivity index (χ4v) is 4.49. The van der Waals surface area contributed by atoms with Crippen LogP contribution in [0.2, 0.25) is 0 Å². The highest BCUT2D eigenvalue weighted by atomic mass is 19.1. The summed E-state index contributed by atoms with van der Waals surface area (Å²) in [6.07, 6.45) is 4.12. The van der Waals surface area contributed by atoms with Gasteiger partial charge < -0.3 is 29.3 Å². The maximum absolute atomic E-state index is 15.2. The molecule has 2 aromatic carbocycles. The third-order valence-electron chi connectivity index (χ3n) is 6.86. The van der Waals surface area contributed by atoms with Gasteiger partial charge in [0.25, 0.3) is 0 Å². The van der Waals surface area contributed by atoms with Gasteiger partial charge in [0.1, 0.15) is 29.8 Å². The van der Waals surface area contributed by atoms with E-state index in [-0.39, 0.29) is 29.3 Å². The summed E-state index contributed by atoms with van der Waals surface area (Å²) in [5.74, 6) is 2.33. The third-order valence-corrected chi connectivity index (χ3v) is 6.86. The molecular formula is C30H28FN9O4. The van der Waals surface area contributed by atoms with Gasteiger partial charge in [-0.05, 0) is 36.4 Å². The molecule has 13 nitrogen and oxygen atoms in total. The van der Waals surface area contributed by atoms with Crippen LogP contribution in [0.1, 0.15) is 0 Å². The highest BCUT2D eigenvalue weighted by Gasteiger charge is 2.31. The number of fused-ring (bicyclic) bond motifs is 1. The number of ether oxygens (including phenoxy) is 3. The Labute approximate surface area is 251 Å². The molecule has 0 aliphatic carbocycles. The van der Waals surface area contributed by atoms with Crippen molar-refractivity contribution < 1.29 is 23.4 Å². The van der Waals surface area contributed by atoms with Crippen molar-refractivity contribution in [2.24, 2.45) is 0 Å². The molecule has 0 unspecified atom stereocenters. The molecule has 0 bridgehead atoms. The van der Waals surface area contributed by atoms with Crippen LogP contribution >= 0.6 is 0 Å². The molecule has 1 aliphatic heterocycles. The largest absolute Gasteiger partial charge is 0.493 e. The lowest BCUT2D eigenvalue weighted by Gasteiger charge is -2.38. The van der Waals surface area contributed by atoms with E-state index in [1.165, 1.54) is 30.3 Å². The number of carbonyl (C=O) groups excluding carboxylic acids is 1. The highest BCUT2D eigenvalue weighted by molar-refractivity contribution is 5.93. The van der Waals surface area contributed by atoms with Gasteiger partial charge in [-0.1, -0.05) is 6.58 Å². The summed E-state index contributed by atoms with van der Waals surface area (Å²) in [4.78, 5) is 23.9. The normalized spacial score (nSPS) is 12.9. The van der Waals surface area contributed by atoms with Gasteiger partial charge in [-0.15, -0.1) is 15.3 Å². The first kappa shape index (κ1) is 28.3. The molecule has 224 valence electrons. The summed E-state index contributed by atoms with van der Waals surface area (Å²) < 4.78 is 34.2. The lowest BCUT2D eigenvalue weighted by Crippen LogP contribution is -2.55. The van der Waals surface area contributed by atoms with Gasteiger partial charge in [-0.2, -0.15) is 0 Å². The van der Waals surface area contributed by atoms with E-state index >= 15 is 4.39 Å². The van der Waals surface area contributed by atoms with Crippen molar-refractivity contribution in [1.29, 1.82) is 0 Å². The molecular weight excluding hydrogens is 569 g/mol. The number of hydrogen-bond donors (Lipinski definition) is 1. The van der Waals surface area contributed by atoms with Crippen molar-refractivity contribution >= 4 is 34.1 Å². The smallest absolute Gasteiger partial charge is 0.246 e. The first-order valence-electron chi connectivity index (χ1n) is 13.5. The van der Waals surface area contributed by atoms with Crippen molar-refractivity contribution in [2.45, 2.75) is 6.10 Å². The zero-order chi connectivity index (χ0) is 30.8. The molecule has 6 rings (SSSR count). The average molecular weight is 598 g/mol. The van der Waals surface area contributed by atoms with Crippen LogP contribution < -0.4 is 24.4 Å². The fraction of sp³-hybridized carbons (Fsp3) is 0.200. The number of carbonyl (C=O) groups is 1. The average Bonchev–Trinajstić information content (AvgIpc) is 3.48. The molecule has 0 radical (unpaired) electrons. The molecule has 0 spiro atoms. The predicted molar refractivity (Wildman–Crippen MR) is 161 cm³/mol. The summed E-state index contributed by atoms with van der Waals surface area (Å²) >= 11 is 0. The van der Waals surface area contributed by atoms with Gasteiger partial charge >= 0.3 is 0 Å². The van der Waals surface area contributed by atoms with Crippen LogP contribution in [0.3, 0.4) is 0 Å². The zero-order valence-corrected chi connectivity index (χ0v) is 24.1. The molecule has 1 N–H and O–H groups in total. The molecule has 44 heavy (non-hydrogen) atoms. The van der Waals surface area contributed by atoms with E-state index < -0.39 is 5.82 Å². The Morgan fingerprint density at radius 3 is 2.64 bits per heavy atom. The number of likely N-dealkylation sites (tertiary alicyclic amines) is 1. The number of rotatable bonds is 10. The summed E-state index contributed by atoms with van der Waals surface area (Å²) in [6, 6.07) is 13.1. The lowest BCUT2D eigenvalue weighted by molar-refractivity contribution is -0.134. The third kappa shape index (κ3) is 5.77. The zero-order valence-electron chi connectivity index (χ0n) is 24.1. The molecule has 14 heteroatoms. The van der Waals surface area contributed by atoms with Crippen molar-refractivity contribution in [1.82, 2.24) is 34.8 Å². The van der Waals surface area contributed by atoms with Gasteiger partial charge in [-0.25, -0.2) is 19.0 Å². The number of anilines is 3. The van der Waals surface area contributed by atoms with Crippen LogP contribution in [0.5, 0.6) is 23.1 Å². The van der Waals surface area contributed by atoms with Gasteiger partial charge in [0.05, 0.1) is 31.4 Å². The molecule has 1 aliphatic rings. The number of aromatic nitrogens is 6. The fourth-order valence-electron chi connectivity index (χ4n) is 4.49. The van der Waals surface area contributed by atoms with Crippen molar-refractivity contribution in [2.75, 3.05) is 44.5 Å². The molecule has 3 aromatic heterocycles. The maximum atomic E-state index is 15.2.